The minimum atomic E-state index is -0.0714. The number of carbonyl (C=O) groups excluding carboxylic acids is 1. The van der Waals surface area contributed by atoms with Crippen LogP contribution in [-0.2, 0) is 17.7 Å². The van der Waals surface area contributed by atoms with Crippen molar-refractivity contribution in [2.24, 2.45) is 0 Å². The molecule has 1 saturated heterocycles. The minimum absolute atomic E-state index is 0.0714. The van der Waals surface area contributed by atoms with E-state index in [0.29, 0.717) is 23.2 Å². The molecular formula is C29H33N5O2. The van der Waals surface area contributed by atoms with Crippen molar-refractivity contribution >= 4 is 23.0 Å². The number of nitrogen functional groups attached to an aromatic ring is 1. The Morgan fingerprint density at radius 2 is 1.64 bits per heavy atom. The van der Waals surface area contributed by atoms with E-state index in [4.69, 9.17) is 21.3 Å². The van der Waals surface area contributed by atoms with Crippen molar-refractivity contribution in [2.75, 3.05) is 46.1 Å². The first-order valence-electron chi connectivity index (χ1n) is 12.1. The monoisotopic (exact) mass is 483 g/mol. The zero-order chi connectivity index (χ0) is 25.7. The van der Waals surface area contributed by atoms with Gasteiger partial charge in [0.25, 0.3) is 5.91 Å². The maximum absolute atomic E-state index is 12.4. The number of hydrogen-bond donors (Lipinski definition) is 3. The van der Waals surface area contributed by atoms with Crippen LogP contribution < -0.4 is 5.73 Å². The molecule has 1 aliphatic heterocycles. The summed E-state index contributed by atoms with van der Waals surface area (Å²) in [6.45, 7) is 4.22. The van der Waals surface area contributed by atoms with Crippen LogP contribution in [0.5, 0.6) is 0 Å². The number of ether oxygens (including phenoxy) is 1. The zero-order valence-electron chi connectivity index (χ0n) is 20.9. The zero-order valence-corrected chi connectivity index (χ0v) is 20.9. The second-order valence-corrected chi connectivity index (χ2v) is 9.32. The summed E-state index contributed by atoms with van der Waals surface area (Å²) < 4.78 is 5.43. The normalized spacial score (nSPS) is 13.8. The van der Waals surface area contributed by atoms with Crippen molar-refractivity contribution in [1.29, 1.82) is 10.8 Å². The predicted molar refractivity (Wildman–Crippen MR) is 145 cm³/mol. The van der Waals surface area contributed by atoms with Crippen LogP contribution in [0.3, 0.4) is 0 Å². The Bertz CT molecular complexity index is 1280. The third-order valence-electron chi connectivity index (χ3n) is 6.36. The van der Waals surface area contributed by atoms with Gasteiger partial charge in [0.05, 0.1) is 24.6 Å². The van der Waals surface area contributed by atoms with E-state index in [9.17, 15) is 4.79 Å². The minimum Gasteiger partial charge on any atom is -0.398 e. The molecular weight excluding hydrogens is 450 g/mol. The number of nitrogens with one attached hydrogen (secondary N) is 2. The van der Waals surface area contributed by atoms with Gasteiger partial charge < -0.3 is 20.8 Å². The molecule has 0 radical (unpaired) electrons. The average Bonchev–Trinajstić information content (AvgIpc) is 2.89. The van der Waals surface area contributed by atoms with Crippen LogP contribution in [0.15, 0.2) is 66.7 Å². The molecule has 36 heavy (non-hydrogen) atoms. The molecule has 0 aromatic heterocycles. The van der Waals surface area contributed by atoms with Gasteiger partial charge in [-0.15, -0.1) is 0 Å². The summed E-state index contributed by atoms with van der Waals surface area (Å²) in [6.07, 6.45) is 0.353. The van der Waals surface area contributed by atoms with E-state index >= 15 is 0 Å². The second-order valence-electron chi connectivity index (χ2n) is 9.32. The Balaban J connectivity index is 1.50. The molecule has 1 aliphatic rings. The highest BCUT2D eigenvalue weighted by molar-refractivity contribution is 6.47. The molecule has 1 heterocycles. The van der Waals surface area contributed by atoms with E-state index in [0.717, 1.165) is 49.5 Å². The Hall–Kier alpha value is -3.81. The maximum Gasteiger partial charge on any atom is 0.253 e. The second kappa shape index (κ2) is 11.3. The smallest absolute Gasteiger partial charge is 0.253 e. The molecule has 0 aliphatic carbocycles. The first kappa shape index (κ1) is 25.3. The van der Waals surface area contributed by atoms with Gasteiger partial charge in [-0.1, -0.05) is 42.5 Å². The third-order valence-corrected chi connectivity index (χ3v) is 6.36. The molecule has 3 aromatic rings. The van der Waals surface area contributed by atoms with Gasteiger partial charge in [0.1, 0.15) is 0 Å². The van der Waals surface area contributed by atoms with E-state index in [2.05, 4.69) is 17.0 Å². The predicted octanol–water partition coefficient (Wildman–Crippen LogP) is 4.10. The van der Waals surface area contributed by atoms with Crippen molar-refractivity contribution in [3.63, 3.8) is 0 Å². The quantitative estimate of drug-likeness (QED) is 0.331. The molecule has 0 spiro atoms. The summed E-state index contributed by atoms with van der Waals surface area (Å²) in [6, 6.07) is 21.1. The first-order valence-corrected chi connectivity index (χ1v) is 12.1. The lowest BCUT2D eigenvalue weighted by atomic mass is 9.94. The lowest BCUT2D eigenvalue weighted by Gasteiger charge is -2.26. The highest BCUT2D eigenvalue weighted by Crippen LogP contribution is 2.26. The van der Waals surface area contributed by atoms with E-state index in [1.54, 1.807) is 31.1 Å². The lowest BCUT2D eigenvalue weighted by molar-refractivity contribution is 0.0342. The molecule has 4 rings (SSSR count). The Labute approximate surface area is 212 Å². The average molecular weight is 484 g/mol. The van der Waals surface area contributed by atoms with Crippen molar-refractivity contribution in [2.45, 2.75) is 13.0 Å². The maximum atomic E-state index is 12.4. The first-order chi connectivity index (χ1) is 17.3. The number of rotatable bonds is 8. The van der Waals surface area contributed by atoms with Crippen LogP contribution in [-0.4, -0.2) is 67.5 Å². The van der Waals surface area contributed by atoms with E-state index in [1.807, 2.05) is 42.5 Å². The summed E-state index contributed by atoms with van der Waals surface area (Å²) in [7, 11) is 3.45. The number of amides is 1. The van der Waals surface area contributed by atoms with E-state index < -0.39 is 0 Å². The Morgan fingerprint density at radius 1 is 0.944 bits per heavy atom. The fourth-order valence-electron chi connectivity index (χ4n) is 4.35. The molecule has 3 aromatic carbocycles. The number of nitrogens with two attached hydrogens (primary N) is 1. The van der Waals surface area contributed by atoms with Crippen molar-refractivity contribution in [3.8, 4) is 11.1 Å². The topological polar surface area (TPSA) is 106 Å². The van der Waals surface area contributed by atoms with E-state index in [1.165, 1.54) is 5.56 Å². The number of hydrogen-bond acceptors (Lipinski definition) is 6. The van der Waals surface area contributed by atoms with Crippen molar-refractivity contribution < 1.29 is 9.53 Å². The fourth-order valence-corrected chi connectivity index (χ4v) is 4.35. The number of carbonyl (C=O) groups is 1. The number of benzene rings is 3. The van der Waals surface area contributed by atoms with Gasteiger partial charge in [0.15, 0.2) is 0 Å². The van der Waals surface area contributed by atoms with E-state index in [-0.39, 0.29) is 17.3 Å². The van der Waals surface area contributed by atoms with Crippen LogP contribution in [0.4, 0.5) is 5.69 Å². The van der Waals surface area contributed by atoms with Crippen LogP contribution in [0.1, 0.15) is 27.0 Å². The summed E-state index contributed by atoms with van der Waals surface area (Å²) in [5, 5.41) is 17.4. The van der Waals surface area contributed by atoms with Crippen LogP contribution in [0.2, 0.25) is 0 Å². The highest BCUT2D eigenvalue weighted by atomic mass is 16.5. The van der Waals surface area contributed by atoms with Crippen LogP contribution >= 0.6 is 0 Å². The van der Waals surface area contributed by atoms with Gasteiger partial charge >= 0.3 is 0 Å². The SMILES string of the molecule is CN(C)C(=O)c1cccc(-c2ccc(N)c(C(=N)C(=N)Cc3cccc(CN4CCOCC4)c3)c2)c1. The van der Waals surface area contributed by atoms with Crippen LogP contribution in [0.25, 0.3) is 11.1 Å². The number of morpholine rings is 1. The van der Waals surface area contributed by atoms with Gasteiger partial charge in [-0.25, -0.2) is 0 Å². The lowest BCUT2D eigenvalue weighted by Crippen LogP contribution is -2.35. The van der Waals surface area contributed by atoms with Gasteiger partial charge in [0, 0.05) is 57.0 Å². The van der Waals surface area contributed by atoms with Crippen molar-refractivity contribution in [1.82, 2.24) is 9.80 Å². The third kappa shape index (κ3) is 6.05. The van der Waals surface area contributed by atoms with Gasteiger partial charge in [-0.2, -0.15) is 0 Å². The number of nitrogens with zero attached hydrogens (tertiary/aromatic N) is 2. The van der Waals surface area contributed by atoms with Gasteiger partial charge in [-0.05, 0) is 46.5 Å². The number of anilines is 1. The Morgan fingerprint density at radius 3 is 2.39 bits per heavy atom. The molecule has 0 atom stereocenters. The molecule has 1 fully saturated rings. The van der Waals surface area contributed by atoms with Crippen LogP contribution in [0, 0.1) is 10.8 Å². The summed E-state index contributed by atoms with van der Waals surface area (Å²) in [5.41, 5.74) is 12.0. The molecule has 0 unspecified atom stereocenters. The molecule has 186 valence electrons. The molecule has 0 saturated carbocycles. The summed E-state index contributed by atoms with van der Waals surface area (Å²) in [4.78, 5) is 16.3. The molecule has 0 bridgehead atoms. The fraction of sp³-hybridized carbons (Fsp3) is 0.276. The molecule has 7 heteroatoms. The largest absolute Gasteiger partial charge is 0.398 e. The Kier molecular flexibility index (Phi) is 7.93. The molecule has 4 N–H and O–H groups in total. The molecule has 7 nitrogen and oxygen atoms in total. The highest BCUT2D eigenvalue weighted by Gasteiger charge is 2.16. The molecule has 1 amide bonds. The van der Waals surface area contributed by atoms with Gasteiger partial charge in [-0.3, -0.25) is 15.1 Å². The summed E-state index contributed by atoms with van der Waals surface area (Å²) >= 11 is 0. The standard InChI is InChI=1S/C29H33N5O2/c1-33(2)29(35)24-8-4-7-22(17-24)23-9-10-26(30)25(18-23)28(32)27(31)16-20-5-3-6-21(15-20)19-34-11-13-36-14-12-34/h3-10,15,17-18,31-32H,11-14,16,19,30H2,1-2H3. The summed E-state index contributed by atoms with van der Waals surface area (Å²) in [5.74, 6) is -0.0714. The van der Waals surface area contributed by atoms with Crippen molar-refractivity contribution in [3.05, 3.63) is 89.0 Å². The van der Waals surface area contributed by atoms with Gasteiger partial charge in [0.2, 0.25) is 0 Å².